The van der Waals surface area contributed by atoms with Crippen LogP contribution in [0.2, 0.25) is 0 Å². The number of carbonyl (C=O) groups is 9. The van der Waals surface area contributed by atoms with Crippen molar-refractivity contribution in [1.82, 2.24) is 52.4 Å². The second-order valence-electron chi connectivity index (χ2n) is 24.1. The van der Waals surface area contributed by atoms with E-state index < -0.39 is 102 Å². The fourth-order valence-corrected chi connectivity index (χ4v) is 11.1. The summed E-state index contributed by atoms with van der Waals surface area (Å²) >= 11 is 0. The number of benzene rings is 5. The van der Waals surface area contributed by atoms with Gasteiger partial charge in [0.05, 0.1) is 19.8 Å². The Bertz CT molecular complexity index is 3600. The summed E-state index contributed by atoms with van der Waals surface area (Å²) in [6.07, 6.45) is 1.54. The number of hydrogen-bond donors (Lipinski definition) is 13. The van der Waals surface area contributed by atoms with Crippen LogP contribution in [0.3, 0.4) is 0 Å². The molecule has 0 radical (unpaired) electrons. The van der Waals surface area contributed by atoms with E-state index in [1.54, 1.807) is 61.7 Å². The number of carbonyl (C=O) groups excluding carboxylic acids is 9. The fraction of sp³-hybridized carbons (Fsp3) is 0.400. The van der Waals surface area contributed by atoms with Gasteiger partial charge in [-0.05, 0) is 97.9 Å². The van der Waals surface area contributed by atoms with Crippen LogP contribution in [-0.2, 0) is 80.3 Å². The van der Waals surface area contributed by atoms with Crippen LogP contribution in [0.1, 0.15) is 86.3 Å². The van der Waals surface area contributed by atoms with Gasteiger partial charge >= 0.3 is 6.09 Å². The van der Waals surface area contributed by atoms with Crippen molar-refractivity contribution in [2.24, 2.45) is 22.4 Å². The number of alkyl carbamates (subject to hydrolysis) is 1. The molecule has 15 N–H and O–H groups in total. The quantitative estimate of drug-likeness (QED) is 0.0155. The second-order valence-corrected chi connectivity index (χ2v) is 24.1. The van der Waals surface area contributed by atoms with Gasteiger partial charge < -0.3 is 83.6 Å². The number of H-pyrrole nitrogens is 1. The first-order chi connectivity index (χ1) is 46.2. The number of aromatic nitrogens is 1. The molecule has 7 rings (SSSR count). The summed E-state index contributed by atoms with van der Waals surface area (Å²) in [4.78, 5) is 138. The van der Waals surface area contributed by atoms with Crippen LogP contribution in [-0.4, -0.2) is 161 Å². The van der Waals surface area contributed by atoms with Gasteiger partial charge in [-0.3, -0.25) is 43.3 Å². The predicted molar refractivity (Wildman–Crippen MR) is 360 cm³/mol. The zero-order valence-electron chi connectivity index (χ0n) is 54.5. The third-order valence-electron chi connectivity index (χ3n) is 16.0. The van der Waals surface area contributed by atoms with Gasteiger partial charge in [0.1, 0.15) is 60.7 Å². The third kappa shape index (κ3) is 22.7. The molecule has 0 bridgehead atoms. The van der Waals surface area contributed by atoms with E-state index in [2.05, 4.69) is 52.5 Å². The maximum absolute atomic E-state index is 15.0. The number of amides is 9. The number of fused-ring (bicyclic) bond motifs is 1. The molecule has 26 heteroatoms. The Labute approximate surface area is 557 Å². The molecule has 512 valence electrons. The van der Waals surface area contributed by atoms with Crippen molar-refractivity contribution in [3.8, 4) is 5.75 Å². The number of guanidine groups is 1. The van der Waals surface area contributed by atoms with E-state index in [1.807, 2.05) is 81.4 Å². The number of aliphatic imine (C=N–C) groups is 1. The van der Waals surface area contributed by atoms with Crippen LogP contribution in [0.4, 0.5) is 4.79 Å². The summed E-state index contributed by atoms with van der Waals surface area (Å²) in [7, 11) is 0. The first kappa shape index (κ1) is 73.1. The number of nitrogens with two attached hydrogens (primary N) is 2. The summed E-state index contributed by atoms with van der Waals surface area (Å²) in [5.41, 5.74) is 15.8. The number of rotatable bonds is 35. The minimum Gasteiger partial charge on any atom is -0.508 e. The van der Waals surface area contributed by atoms with Crippen molar-refractivity contribution in [3.05, 3.63) is 173 Å². The summed E-state index contributed by atoms with van der Waals surface area (Å²) in [6, 6.07) is 27.3. The van der Waals surface area contributed by atoms with Gasteiger partial charge in [-0.15, -0.1) is 0 Å². The van der Waals surface area contributed by atoms with Gasteiger partial charge in [-0.25, -0.2) is 4.79 Å². The Morgan fingerprint density at radius 3 is 1.80 bits per heavy atom. The largest absolute Gasteiger partial charge is 0.508 e. The molecule has 1 saturated heterocycles. The van der Waals surface area contributed by atoms with Crippen LogP contribution in [0, 0.1) is 12.8 Å². The maximum Gasteiger partial charge on any atom is 0.408 e. The van der Waals surface area contributed by atoms with Crippen molar-refractivity contribution in [3.63, 3.8) is 0 Å². The highest BCUT2D eigenvalue weighted by Gasteiger charge is 2.39. The van der Waals surface area contributed by atoms with Crippen LogP contribution < -0.4 is 54.0 Å². The Kier molecular flexibility index (Phi) is 28.1. The number of hydrogen-bond acceptors (Lipinski definition) is 14. The number of phenolic OH excluding ortho intramolecular Hbond substituents is 1. The fourth-order valence-electron chi connectivity index (χ4n) is 11.1. The molecule has 26 nitrogen and oxygen atoms in total. The summed E-state index contributed by atoms with van der Waals surface area (Å²) in [6.45, 7) is 6.59. The van der Waals surface area contributed by atoms with E-state index in [9.17, 15) is 48.6 Å². The van der Waals surface area contributed by atoms with Crippen LogP contribution in [0.25, 0.3) is 10.9 Å². The number of likely N-dealkylation sites (N-methyl/N-ethyl adjacent to an activating group) is 1. The van der Waals surface area contributed by atoms with Gasteiger partial charge in [0.15, 0.2) is 5.96 Å². The Hall–Kier alpha value is -10.3. The first-order valence-corrected chi connectivity index (χ1v) is 32.2. The molecular formula is C70H89N13O13. The number of phenols is 1. The molecule has 1 aliphatic heterocycles. The standard InChI is InChI=1S/C70H89N13O13/c1-5-73-67(92)60-26-16-32-83(60)68(93)53(25-15-31-74-69(71)72)76-61(86)54(33-43(2)3)77-63(88)56(36-48-22-14-17-44(4)34-48)78-62(87)55(35-45-27-29-50(85)30-28-45)79-65(90)58(39-84)81-64(89)57(37-49-38-75-52-24-13-12-23-51(49)52)80-66(91)59(42-95-40-46-18-8-6-9-19-46)82-70(94)96-41-47-20-10-7-11-21-47/h6-14,17-24,27-30,34,38,43,53-60,75,84-85H,5,15-16,25-26,31-33,35-37,39-42H2,1-4H3,(H,73,92)(H,76,86)(H,77,88)(H,78,87)(H,79,90)(H,80,91)(H,81,89)(H,82,94)(H4,71,72,74)/t53-,54-,55-,56-,57-,58-,59-,60-/m0/s1. The maximum atomic E-state index is 15.0. The monoisotopic (exact) mass is 1320 g/mol. The van der Waals surface area contributed by atoms with Crippen LogP contribution in [0.5, 0.6) is 5.75 Å². The molecule has 1 aromatic heterocycles. The molecule has 0 unspecified atom stereocenters. The molecule has 0 saturated carbocycles. The Morgan fingerprint density at radius 1 is 0.625 bits per heavy atom. The highest BCUT2D eigenvalue weighted by molar-refractivity contribution is 5.99. The number of ether oxygens (including phenoxy) is 2. The molecule has 0 spiro atoms. The minimum absolute atomic E-state index is 0.0563. The minimum atomic E-state index is -1.78. The van der Waals surface area contributed by atoms with Crippen molar-refractivity contribution >= 4 is 70.2 Å². The lowest BCUT2D eigenvalue weighted by Gasteiger charge is -2.30. The number of aryl methyl sites for hydroxylation is 1. The lowest BCUT2D eigenvalue weighted by molar-refractivity contribution is -0.142. The molecule has 1 fully saturated rings. The predicted octanol–water partition coefficient (Wildman–Crippen LogP) is 2.85. The molecule has 9 amide bonds. The Morgan fingerprint density at radius 2 is 1.18 bits per heavy atom. The number of aliphatic hydroxyl groups is 1. The molecule has 2 heterocycles. The molecule has 1 aliphatic rings. The van der Waals surface area contributed by atoms with Gasteiger partial charge in [0.25, 0.3) is 0 Å². The third-order valence-corrected chi connectivity index (χ3v) is 16.0. The number of nitrogens with zero attached hydrogens (tertiary/aromatic N) is 2. The van der Waals surface area contributed by atoms with E-state index in [-0.39, 0.29) is 95.0 Å². The van der Waals surface area contributed by atoms with Gasteiger partial charge in [-0.2, -0.15) is 0 Å². The number of para-hydroxylation sites is 1. The lowest BCUT2D eigenvalue weighted by Crippen LogP contribution is -2.61. The van der Waals surface area contributed by atoms with E-state index in [4.69, 9.17) is 20.9 Å². The number of aromatic hydroxyl groups is 1. The average Bonchev–Trinajstić information content (AvgIpc) is 1.68. The second kappa shape index (κ2) is 36.9. The van der Waals surface area contributed by atoms with E-state index in [1.165, 1.54) is 29.2 Å². The lowest BCUT2D eigenvalue weighted by atomic mass is 9.99. The highest BCUT2D eigenvalue weighted by Crippen LogP contribution is 2.23. The highest BCUT2D eigenvalue weighted by atomic mass is 16.5. The van der Waals surface area contributed by atoms with E-state index in [0.717, 1.165) is 16.6 Å². The molecular weight excluding hydrogens is 1230 g/mol. The van der Waals surface area contributed by atoms with Gasteiger partial charge in [0.2, 0.25) is 47.3 Å². The van der Waals surface area contributed by atoms with Crippen LogP contribution >= 0.6 is 0 Å². The number of aromatic amines is 1. The number of nitrogens with one attached hydrogen (secondary N) is 9. The first-order valence-electron chi connectivity index (χ1n) is 32.2. The van der Waals surface area contributed by atoms with Crippen LogP contribution in [0.15, 0.2) is 145 Å². The normalized spacial score (nSPS) is 14.9. The van der Waals surface area contributed by atoms with Crippen molar-refractivity contribution in [2.75, 3.05) is 32.8 Å². The zero-order valence-corrected chi connectivity index (χ0v) is 54.5. The SMILES string of the molecule is CCNC(=O)[C@@H]1CCCN1C(=O)[C@H](CCCN=C(N)N)NC(=O)[C@H](CC(C)C)NC(=O)[C@H](Cc1cccc(C)c1)NC(=O)[C@H](Cc1ccc(O)cc1)NC(=O)[C@H](CO)NC(=O)[C@H](Cc1c[nH]c2ccccc12)NC(=O)[C@H](COCc1ccccc1)NC(=O)OCc1ccccc1. The summed E-state index contributed by atoms with van der Waals surface area (Å²) < 4.78 is 11.4. The number of likely N-dealkylation sites (tertiary alicyclic amines) is 1. The Balaban J connectivity index is 1.13. The van der Waals surface area contributed by atoms with Gasteiger partial charge in [0, 0.05) is 56.0 Å². The van der Waals surface area contributed by atoms with E-state index in [0.29, 0.717) is 47.0 Å². The van der Waals surface area contributed by atoms with Crippen molar-refractivity contribution < 1.29 is 62.8 Å². The average molecular weight is 1320 g/mol. The zero-order chi connectivity index (χ0) is 69.1. The van der Waals surface area contributed by atoms with Crippen molar-refractivity contribution in [2.45, 2.75) is 141 Å². The molecule has 5 aromatic carbocycles. The number of aliphatic hydroxyl groups excluding tert-OH is 1. The van der Waals surface area contributed by atoms with Gasteiger partial charge in [-0.1, -0.05) is 135 Å². The smallest absolute Gasteiger partial charge is 0.408 e. The summed E-state index contributed by atoms with van der Waals surface area (Å²) in [5, 5.41) is 43.6. The molecule has 0 aliphatic carbocycles. The molecule has 6 aromatic rings. The van der Waals surface area contributed by atoms with E-state index >= 15 is 4.79 Å². The summed E-state index contributed by atoms with van der Waals surface area (Å²) in [5.74, 6) is -6.58. The molecule has 96 heavy (non-hydrogen) atoms. The topological polar surface area (TPSA) is 392 Å². The van der Waals surface area contributed by atoms with Crippen molar-refractivity contribution in [1.29, 1.82) is 0 Å². The molecule has 8 atom stereocenters.